The molecule has 0 saturated carbocycles. The molecule has 0 heterocycles. The molecule has 0 saturated heterocycles. The first-order chi connectivity index (χ1) is 7.29. The molecule has 88 valence electrons. The molecule has 1 atom stereocenters. The highest BCUT2D eigenvalue weighted by atomic mass is 35.5. The van der Waals surface area contributed by atoms with Gasteiger partial charge in [0.15, 0.2) is 0 Å². The monoisotopic (exact) mass is 237 g/mol. The van der Waals surface area contributed by atoms with Gasteiger partial charge >= 0.3 is 0 Å². The summed E-state index contributed by atoms with van der Waals surface area (Å²) in [6.07, 6.45) is 5.72. The van der Waals surface area contributed by atoms with Gasteiger partial charge in [-0.25, -0.2) is 0 Å². The minimum absolute atomic E-state index is 0. The molecule has 0 aliphatic heterocycles. The average Bonchev–Trinajstić information content (AvgIpc) is 2.29. The lowest BCUT2D eigenvalue weighted by atomic mass is 9.88. The maximum absolute atomic E-state index is 6.22. The molecular formula is C14H20ClN. The Labute approximate surface area is 104 Å². The molecule has 2 heteroatoms. The van der Waals surface area contributed by atoms with Crippen molar-refractivity contribution in [2.45, 2.75) is 18.9 Å². The minimum Gasteiger partial charge on any atom is -0.324 e. The van der Waals surface area contributed by atoms with Crippen LogP contribution in [0.3, 0.4) is 0 Å². The number of allylic oxidation sites excluding steroid dienone is 2. The molecule has 1 aromatic carbocycles. The average molecular weight is 238 g/mol. The minimum atomic E-state index is 0. The molecule has 0 radical (unpaired) electrons. The molecule has 1 aromatic rings. The van der Waals surface area contributed by atoms with Gasteiger partial charge in [0.25, 0.3) is 0 Å². The largest absolute Gasteiger partial charge is 0.324 e. The summed E-state index contributed by atoms with van der Waals surface area (Å²) in [5, 5.41) is 0. The quantitative estimate of drug-likeness (QED) is 0.747. The summed E-state index contributed by atoms with van der Waals surface area (Å²) in [6.45, 7) is 7.54. The van der Waals surface area contributed by atoms with Crippen molar-refractivity contribution in [2.24, 2.45) is 11.7 Å². The Hall–Kier alpha value is -1.05. The van der Waals surface area contributed by atoms with Gasteiger partial charge in [-0.15, -0.1) is 25.6 Å². The van der Waals surface area contributed by atoms with Gasteiger partial charge in [-0.1, -0.05) is 42.5 Å². The summed E-state index contributed by atoms with van der Waals surface area (Å²) in [5.74, 6) is 0.405. The second-order valence-electron chi connectivity index (χ2n) is 3.75. The van der Waals surface area contributed by atoms with Crippen LogP contribution < -0.4 is 5.73 Å². The summed E-state index contributed by atoms with van der Waals surface area (Å²) in [6, 6.07) is 10.3. The molecule has 1 nitrogen and oxygen atoms in total. The Kier molecular flexibility index (Phi) is 7.61. The number of nitrogens with two attached hydrogens (primary N) is 1. The number of rotatable bonds is 6. The van der Waals surface area contributed by atoms with Crippen molar-refractivity contribution < 1.29 is 0 Å². The van der Waals surface area contributed by atoms with Crippen LogP contribution in [0.25, 0.3) is 0 Å². The maximum Gasteiger partial charge on any atom is 0.0329 e. The van der Waals surface area contributed by atoms with E-state index in [9.17, 15) is 0 Å². The predicted octanol–water partition coefficient (Wildman–Crippen LogP) is 3.88. The molecule has 0 fully saturated rings. The topological polar surface area (TPSA) is 26.0 Å². The first kappa shape index (κ1) is 14.9. The number of halogens is 1. The van der Waals surface area contributed by atoms with Crippen molar-refractivity contribution in [3.05, 3.63) is 61.2 Å². The summed E-state index contributed by atoms with van der Waals surface area (Å²) in [7, 11) is 0. The third-order valence-corrected chi connectivity index (χ3v) is 2.63. The van der Waals surface area contributed by atoms with Gasteiger partial charge in [0.1, 0.15) is 0 Å². The zero-order chi connectivity index (χ0) is 11.1. The molecule has 0 aromatic heterocycles. The highest BCUT2D eigenvalue weighted by molar-refractivity contribution is 5.85. The molecule has 0 bridgehead atoms. The molecule has 0 aliphatic carbocycles. The van der Waals surface area contributed by atoms with Gasteiger partial charge in [0.05, 0.1) is 0 Å². The Balaban J connectivity index is 0.00000225. The SMILES string of the molecule is C=CCC(CC=C)C(N)c1ccccc1.Cl. The van der Waals surface area contributed by atoms with E-state index in [4.69, 9.17) is 5.73 Å². The summed E-state index contributed by atoms with van der Waals surface area (Å²) in [4.78, 5) is 0. The third-order valence-electron chi connectivity index (χ3n) is 2.63. The van der Waals surface area contributed by atoms with Gasteiger partial charge in [0, 0.05) is 6.04 Å². The maximum atomic E-state index is 6.22. The Bertz CT molecular complexity index is 298. The van der Waals surface area contributed by atoms with E-state index in [1.807, 2.05) is 30.4 Å². The second-order valence-corrected chi connectivity index (χ2v) is 3.75. The Morgan fingerprint density at radius 3 is 2.00 bits per heavy atom. The van der Waals surface area contributed by atoms with E-state index in [0.717, 1.165) is 12.8 Å². The van der Waals surface area contributed by atoms with E-state index >= 15 is 0 Å². The summed E-state index contributed by atoms with van der Waals surface area (Å²) in [5.41, 5.74) is 7.40. The molecule has 0 spiro atoms. The Morgan fingerprint density at radius 1 is 1.06 bits per heavy atom. The normalized spacial score (nSPS) is 11.6. The highest BCUT2D eigenvalue weighted by Gasteiger charge is 2.16. The Morgan fingerprint density at radius 2 is 1.56 bits per heavy atom. The molecule has 1 rings (SSSR count). The van der Waals surface area contributed by atoms with Crippen LogP contribution >= 0.6 is 12.4 Å². The van der Waals surface area contributed by atoms with Gasteiger partial charge in [-0.2, -0.15) is 0 Å². The zero-order valence-electron chi connectivity index (χ0n) is 9.51. The molecule has 16 heavy (non-hydrogen) atoms. The van der Waals surface area contributed by atoms with Crippen molar-refractivity contribution in [2.75, 3.05) is 0 Å². The van der Waals surface area contributed by atoms with Crippen molar-refractivity contribution in [3.8, 4) is 0 Å². The zero-order valence-corrected chi connectivity index (χ0v) is 10.3. The van der Waals surface area contributed by atoms with E-state index in [2.05, 4.69) is 25.3 Å². The molecule has 1 unspecified atom stereocenters. The fraction of sp³-hybridized carbons (Fsp3) is 0.286. The van der Waals surface area contributed by atoms with Gasteiger partial charge in [-0.05, 0) is 24.3 Å². The standard InChI is InChI=1S/C14H19N.ClH/c1-3-8-12(9-4-2)14(15)13-10-6-5-7-11-13;/h3-7,10-12,14H,1-2,8-9,15H2;1H. The number of hydrogen-bond acceptors (Lipinski definition) is 1. The van der Waals surface area contributed by atoms with Crippen LogP contribution in [0.4, 0.5) is 0 Å². The molecule has 2 N–H and O–H groups in total. The van der Waals surface area contributed by atoms with Crippen LogP contribution in [0.2, 0.25) is 0 Å². The van der Waals surface area contributed by atoms with Crippen LogP contribution in [0, 0.1) is 5.92 Å². The fourth-order valence-corrected chi connectivity index (χ4v) is 1.77. The van der Waals surface area contributed by atoms with Crippen LogP contribution in [0.5, 0.6) is 0 Å². The van der Waals surface area contributed by atoms with Crippen LogP contribution in [-0.2, 0) is 0 Å². The lowest BCUT2D eigenvalue weighted by Gasteiger charge is -2.21. The van der Waals surface area contributed by atoms with Crippen LogP contribution in [0.1, 0.15) is 24.4 Å². The molecule has 0 amide bonds. The number of benzene rings is 1. The van der Waals surface area contributed by atoms with Gasteiger partial charge < -0.3 is 5.73 Å². The van der Waals surface area contributed by atoms with Crippen molar-refractivity contribution in [1.82, 2.24) is 0 Å². The van der Waals surface area contributed by atoms with E-state index in [1.54, 1.807) is 0 Å². The van der Waals surface area contributed by atoms with Crippen molar-refractivity contribution in [3.63, 3.8) is 0 Å². The summed E-state index contributed by atoms with van der Waals surface area (Å²) < 4.78 is 0. The van der Waals surface area contributed by atoms with E-state index in [1.165, 1.54) is 5.56 Å². The van der Waals surface area contributed by atoms with Gasteiger partial charge in [0.2, 0.25) is 0 Å². The lowest BCUT2D eigenvalue weighted by Crippen LogP contribution is -2.20. The van der Waals surface area contributed by atoms with Crippen molar-refractivity contribution in [1.29, 1.82) is 0 Å². The smallest absolute Gasteiger partial charge is 0.0329 e. The van der Waals surface area contributed by atoms with E-state index in [0.29, 0.717) is 5.92 Å². The van der Waals surface area contributed by atoms with Crippen LogP contribution in [-0.4, -0.2) is 0 Å². The number of hydrogen-bond donors (Lipinski definition) is 1. The third kappa shape index (κ3) is 4.21. The highest BCUT2D eigenvalue weighted by Crippen LogP contribution is 2.25. The summed E-state index contributed by atoms with van der Waals surface area (Å²) >= 11 is 0. The van der Waals surface area contributed by atoms with E-state index < -0.39 is 0 Å². The molecular weight excluding hydrogens is 218 g/mol. The first-order valence-corrected chi connectivity index (χ1v) is 5.32. The fourth-order valence-electron chi connectivity index (χ4n) is 1.77. The van der Waals surface area contributed by atoms with Crippen LogP contribution in [0.15, 0.2) is 55.6 Å². The molecule has 0 aliphatic rings. The lowest BCUT2D eigenvalue weighted by molar-refractivity contribution is 0.441. The second kappa shape index (κ2) is 8.14. The van der Waals surface area contributed by atoms with Crippen molar-refractivity contribution >= 4 is 12.4 Å². The van der Waals surface area contributed by atoms with Gasteiger partial charge in [-0.3, -0.25) is 0 Å². The first-order valence-electron chi connectivity index (χ1n) is 5.32. The van der Waals surface area contributed by atoms with E-state index in [-0.39, 0.29) is 18.4 Å². The predicted molar refractivity (Wildman–Crippen MR) is 73.7 cm³/mol.